The number of piperidine rings is 1. The van der Waals surface area contributed by atoms with E-state index >= 15 is 0 Å². The number of rotatable bonds is 6. The van der Waals surface area contributed by atoms with Crippen LogP contribution in [0.1, 0.15) is 34.3 Å². The molecule has 0 bridgehead atoms. The molecule has 3 heterocycles. The van der Waals surface area contributed by atoms with E-state index in [0.717, 1.165) is 63.4 Å². The first-order chi connectivity index (χ1) is 16.6. The number of hydrogen-bond donors (Lipinski definition) is 2. The van der Waals surface area contributed by atoms with Crippen LogP contribution in [0.4, 0.5) is 5.69 Å². The lowest BCUT2D eigenvalue weighted by atomic mass is 10.00. The van der Waals surface area contributed by atoms with Crippen molar-refractivity contribution in [3.05, 3.63) is 59.2 Å². The van der Waals surface area contributed by atoms with Gasteiger partial charge in [-0.05, 0) is 55.6 Å². The number of fused-ring (bicyclic) bond motifs is 2. The summed E-state index contributed by atoms with van der Waals surface area (Å²) in [6.07, 6.45) is 2.65. The normalized spacial score (nSPS) is 20.5. The molecule has 2 N–H and O–H groups in total. The van der Waals surface area contributed by atoms with Crippen molar-refractivity contribution >= 4 is 11.6 Å². The monoisotopic (exact) mass is 464 g/mol. The Bertz CT molecular complexity index is 1010. The number of β-amino-alcohol motifs (C(OH)–C–C–N with tert-alkyl or cyclic N) is 1. The molecule has 0 saturated carbocycles. The van der Waals surface area contributed by atoms with Gasteiger partial charge in [-0.1, -0.05) is 24.3 Å². The van der Waals surface area contributed by atoms with Crippen molar-refractivity contribution in [2.24, 2.45) is 0 Å². The van der Waals surface area contributed by atoms with Gasteiger partial charge in [-0.15, -0.1) is 0 Å². The van der Waals surface area contributed by atoms with Crippen LogP contribution in [0, 0.1) is 0 Å². The predicted molar refractivity (Wildman–Crippen MR) is 134 cm³/mol. The minimum atomic E-state index is -0.580. The van der Waals surface area contributed by atoms with Gasteiger partial charge in [0.25, 0.3) is 5.91 Å². The first-order valence-corrected chi connectivity index (χ1v) is 12.6. The zero-order valence-corrected chi connectivity index (χ0v) is 20.1. The van der Waals surface area contributed by atoms with Gasteiger partial charge in [0.15, 0.2) is 0 Å². The average molecular weight is 465 g/mol. The number of aliphatic hydroxyl groups excluding tert-OH is 1. The van der Waals surface area contributed by atoms with E-state index < -0.39 is 6.10 Å². The van der Waals surface area contributed by atoms with Crippen molar-refractivity contribution < 1.29 is 14.6 Å². The largest absolute Gasteiger partial charge is 0.490 e. The molecule has 5 rings (SSSR count). The lowest BCUT2D eigenvalue weighted by Crippen LogP contribution is -2.44. The minimum absolute atomic E-state index is 0.0178. The summed E-state index contributed by atoms with van der Waals surface area (Å²) in [6, 6.07) is 14.3. The number of ether oxygens (including phenoxy) is 1. The van der Waals surface area contributed by atoms with E-state index in [1.54, 1.807) is 4.90 Å². The number of aliphatic hydroxyl groups is 1. The second-order valence-corrected chi connectivity index (χ2v) is 9.83. The number of likely N-dealkylation sites (N-methyl/N-ethyl adjacent to an activating group) is 1. The topological polar surface area (TPSA) is 68.3 Å². The number of amides is 1. The number of benzene rings is 2. The summed E-state index contributed by atoms with van der Waals surface area (Å²) in [6.45, 7) is 5.99. The van der Waals surface area contributed by atoms with Gasteiger partial charge in [0.2, 0.25) is 0 Å². The van der Waals surface area contributed by atoms with E-state index in [1.807, 2.05) is 25.2 Å². The van der Waals surface area contributed by atoms with E-state index in [1.165, 1.54) is 11.1 Å². The second-order valence-electron chi connectivity index (χ2n) is 9.83. The summed E-state index contributed by atoms with van der Waals surface area (Å²) in [5, 5.41) is 14.2. The van der Waals surface area contributed by atoms with E-state index in [2.05, 4.69) is 39.4 Å². The number of nitrogens with one attached hydrogen (secondary N) is 1. The van der Waals surface area contributed by atoms with Gasteiger partial charge in [0, 0.05) is 52.4 Å². The number of carbonyl (C=O) groups excluding carboxylic acids is 1. The summed E-state index contributed by atoms with van der Waals surface area (Å²) >= 11 is 0. The van der Waals surface area contributed by atoms with Gasteiger partial charge in [-0.25, -0.2) is 0 Å². The number of nitrogens with zero attached hydrogens (tertiary/aromatic N) is 3. The van der Waals surface area contributed by atoms with Crippen LogP contribution in [0.15, 0.2) is 42.5 Å². The molecule has 0 aromatic heterocycles. The Morgan fingerprint density at radius 2 is 1.85 bits per heavy atom. The summed E-state index contributed by atoms with van der Waals surface area (Å²) < 4.78 is 6.21. The second kappa shape index (κ2) is 10.3. The molecule has 1 fully saturated rings. The van der Waals surface area contributed by atoms with Crippen LogP contribution in [0.25, 0.3) is 0 Å². The van der Waals surface area contributed by atoms with E-state index in [-0.39, 0.29) is 12.0 Å². The van der Waals surface area contributed by atoms with Gasteiger partial charge < -0.3 is 25.0 Å². The third-order valence-electron chi connectivity index (χ3n) is 7.30. The fourth-order valence-corrected chi connectivity index (χ4v) is 5.34. The molecule has 1 saturated heterocycles. The van der Waals surface area contributed by atoms with Gasteiger partial charge >= 0.3 is 0 Å². The zero-order valence-electron chi connectivity index (χ0n) is 20.1. The maximum atomic E-state index is 13.4. The highest BCUT2D eigenvalue weighted by Gasteiger charge is 2.28. The summed E-state index contributed by atoms with van der Waals surface area (Å²) in [4.78, 5) is 19.6. The number of hydrogen-bond acceptors (Lipinski definition) is 6. The van der Waals surface area contributed by atoms with Gasteiger partial charge in [0.1, 0.15) is 11.9 Å². The molecule has 34 heavy (non-hydrogen) atoms. The van der Waals surface area contributed by atoms with Crippen LogP contribution in [0.3, 0.4) is 0 Å². The molecule has 3 aliphatic rings. The summed E-state index contributed by atoms with van der Waals surface area (Å²) in [7, 11) is 2.02. The third-order valence-corrected chi connectivity index (χ3v) is 7.30. The molecule has 2 aromatic rings. The highest BCUT2D eigenvalue weighted by Crippen LogP contribution is 2.30. The molecule has 2 aromatic carbocycles. The van der Waals surface area contributed by atoms with Gasteiger partial charge in [-0.2, -0.15) is 0 Å². The van der Waals surface area contributed by atoms with Crippen LogP contribution in [0.2, 0.25) is 0 Å². The Morgan fingerprint density at radius 1 is 1.06 bits per heavy atom. The molecule has 1 atom stereocenters. The Balaban J connectivity index is 1.22. The maximum Gasteiger partial charge on any atom is 0.256 e. The van der Waals surface area contributed by atoms with Crippen molar-refractivity contribution in [1.29, 1.82) is 0 Å². The predicted octanol–water partition coefficient (Wildman–Crippen LogP) is 2.13. The molecular formula is C27H36N4O3. The Labute approximate surface area is 202 Å². The van der Waals surface area contributed by atoms with Crippen LogP contribution in [-0.2, 0) is 13.0 Å². The van der Waals surface area contributed by atoms with E-state index in [9.17, 15) is 9.90 Å². The van der Waals surface area contributed by atoms with Crippen LogP contribution in [0.5, 0.6) is 5.75 Å². The molecule has 182 valence electrons. The highest BCUT2D eigenvalue weighted by atomic mass is 16.5. The molecule has 0 spiro atoms. The van der Waals surface area contributed by atoms with Crippen LogP contribution < -0.4 is 15.0 Å². The van der Waals surface area contributed by atoms with Crippen LogP contribution >= 0.6 is 0 Å². The fourth-order valence-electron chi connectivity index (χ4n) is 5.34. The molecular weight excluding hydrogens is 428 g/mol. The highest BCUT2D eigenvalue weighted by molar-refractivity contribution is 6.00. The standard InChI is InChI=1S/C27H36N4O3/c1-29-14-15-31(19-22(32)18-30-13-10-20-4-2-3-5-21(20)17-30)27(33)25-7-6-24(16-26(25)29)34-23-8-11-28-12-9-23/h2-7,16,22-23,28,32H,8-15,17-19H2,1H3/t22-/m1/s1. The summed E-state index contributed by atoms with van der Waals surface area (Å²) in [5.41, 5.74) is 4.32. The van der Waals surface area contributed by atoms with E-state index in [0.29, 0.717) is 25.2 Å². The van der Waals surface area contributed by atoms with Crippen molar-refractivity contribution in [1.82, 2.24) is 15.1 Å². The first-order valence-electron chi connectivity index (χ1n) is 12.6. The van der Waals surface area contributed by atoms with Crippen molar-refractivity contribution in [2.45, 2.75) is 38.0 Å². The van der Waals surface area contributed by atoms with Crippen molar-refractivity contribution in [3.8, 4) is 5.75 Å². The first kappa shape index (κ1) is 23.1. The number of anilines is 1. The molecule has 1 amide bonds. The molecule has 0 aliphatic carbocycles. The third kappa shape index (κ3) is 5.22. The minimum Gasteiger partial charge on any atom is -0.490 e. The SMILES string of the molecule is CN1CCN(C[C@H](O)CN2CCc3ccccc3C2)C(=O)c2ccc(OC3CCNCC3)cc21. The molecule has 3 aliphatic heterocycles. The summed E-state index contributed by atoms with van der Waals surface area (Å²) in [5.74, 6) is 0.806. The molecule has 0 unspecified atom stereocenters. The van der Waals surface area contributed by atoms with E-state index in [4.69, 9.17) is 4.74 Å². The van der Waals surface area contributed by atoms with Crippen LogP contribution in [-0.4, -0.2) is 85.9 Å². The lowest BCUT2D eigenvalue weighted by molar-refractivity contribution is 0.0521. The Kier molecular flexibility index (Phi) is 7.04. The maximum absolute atomic E-state index is 13.4. The van der Waals surface area contributed by atoms with Crippen molar-refractivity contribution in [3.63, 3.8) is 0 Å². The number of carbonyl (C=O) groups is 1. The molecule has 7 nitrogen and oxygen atoms in total. The quantitative estimate of drug-likeness (QED) is 0.683. The lowest BCUT2D eigenvalue weighted by Gasteiger charge is -2.32. The van der Waals surface area contributed by atoms with Gasteiger partial charge in [-0.3, -0.25) is 9.69 Å². The molecule has 7 heteroatoms. The molecule has 0 radical (unpaired) electrons. The average Bonchev–Trinajstić information content (AvgIpc) is 2.96. The Hall–Kier alpha value is -2.61. The zero-order chi connectivity index (χ0) is 23.5. The van der Waals surface area contributed by atoms with Crippen molar-refractivity contribution in [2.75, 3.05) is 57.8 Å². The smallest absolute Gasteiger partial charge is 0.256 e. The fraction of sp³-hybridized carbons (Fsp3) is 0.519. The Morgan fingerprint density at radius 3 is 2.68 bits per heavy atom. The van der Waals surface area contributed by atoms with Gasteiger partial charge in [0.05, 0.1) is 17.4 Å².